The number of carbonyl (C=O) groups excluding carboxylic acids is 1. The quantitative estimate of drug-likeness (QED) is 0.756. The molecular weight excluding hydrogens is 264 g/mol. The van der Waals surface area contributed by atoms with E-state index in [2.05, 4.69) is 30.0 Å². The molecular formula is C16H26N4O. The van der Waals surface area contributed by atoms with Gasteiger partial charge in [-0.1, -0.05) is 29.8 Å². The van der Waals surface area contributed by atoms with Gasteiger partial charge in [0.2, 0.25) is 5.91 Å². The smallest absolute Gasteiger partial charge is 0.241 e. The van der Waals surface area contributed by atoms with E-state index < -0.39 is 0 Å². The zero-order chi connectivity index (χ0) is 15.4. The van der Waals surface area contributed by atoms with Crippen LogP contribution in [0.15, 0.2) is 24.3 Å². The highest BCUT2D eigenvalue weighted by Gasteiger charge is 2.25. The average molecular weight is 290 g/mol. The van der Waals surface area contributed by atoms with E-state index in [0.29, 0.717) is 18.6 Å². The Morgan fingerprint density at radius 3 is 2.52 bits per heavy atom. The predicted octanol–water partition coefficient (Wildman–Crippen LogP) is 0.969. The van der Waals surface area contributed by atoms with Gasteiger partial charge in [0.1, 0.15) is 6.04 Å². The zero-order valence-electron chi connectivity index (χ0n) is 13.3. The van der Waals surface area contributed by atoms with Gasteiger partial charge in [-0.2, -0.15) is 0 Å². The molecule has 0 aromatic heterocycles. The third kappa shape index (κ3) is 4.27. The lowest BCUT2D eigenvalue weighted by molar-refractivity contribution is -0.125. The summed E-state index contributed by atoms with van der Waals surface area (Å²) in [5.74, 6) is 0.0465. The molecule has 1 amide bonds. The Hall–Kier alpha value is -1.43. The number of aryl methyl sites for hydroxylation is 1. The molecule has 3 N–H and O–H groups in total. The third-order valence-corrected chi connectivity index (χ3v) is 3.85. The third-order valence-electron chi connectivity index (χ3n) is 3.85. The second-order valence-electron chi connectivity index (χ2n) is 6.14. The molecule has 0 spiro atoms. The van der Waals surface area contributed by atoms with Crippen LogP contribution in [0.5, 0.6) is 0 Å². The summed E-state index contributed by atoms with van der Waals surface area (Å²) in [6, 6.07) is 8.64. The first-order valence-corrected chi connectivity index (χ1v) is 7.49. The van der Waals surface area contributed by atoms with Crippen molar-refractivity contribution in [2.45, 2.75) is 38.4 Å². The molecule has 2 rings (SSSR count). The second kappa shape index (κ2) is 7.02. The largest absolute Gasteiger partial charge is 0.353 e. The van der Waals surface area contributed by atoms with E-state index >= 15 is 0 Å². The van der Waals surface area contributed by atoms with Gasteiger partial charge in [-0.05, 0) is 39.9 Å². The molecule has 1 aliphatic rings. The Bertz CT molecular complexity index is 472. The first-order chi connectivity index (χ1) is 9.97. The standard InChI is InChI=1S/C16H26N4O/c1-11-5-7-13(8-6-11)15(20(3)4)16(21)17-10-14-9-12(2)18-19-14/h5-8,12,14-15,18-19H,9-10H2,1-4H3,(H,17,21). The minimum absolute atomic E-state index is 0.0465. The lowest BCUT2D eigenvalue weighted by Gasteiger charge is -2.24. The molecule has 1 fully saturated rings. The number of hydrogen-bond acceptors (Lipinski definition) is 4. The van der Waals surface area contributed by atoms with Crippen molar-refractivity contribution >= 4 is 5.91 Å². The molecule has 1 aromatic rings. The fourth-order valence-electron chi connectivity index (χ4n) is 2.69. The Morgan fingerprint density at radius 1 is 1.33 bits per heavy atom. The van der Waals surface area contributed by atoms with E-state index in [9.17, 15) is 4.79 Å². The fraction of sp³-hybridized carbons (Fsp3) is 0.562. The first kappa shape index (κ1) is 15.9. The van der Waals surface area contributed by atoms with Crippen molar-refractivity contribution in [2.75, 3.05) is 20.6 Å². The Morgan fingerprint density at radius 2 is 2.00 bits per heavy atom. The summed E-state index contributed by atoms with van der Waals surface area (Å²) in [5.41, 5.74) is 8.59. The normalized spacial score (nSPS) is 23.3. The number of benzene rings is 1. The predicted molar refractivity (Wildman–Crippen MR) is 84.8 cm³/mol. The first-order valence-electron chi connectivity index (χ1n) is 7.49. The number of amides is 1. The van der Waals surface area contributed by atoms with Crippen LogP contribution in [0.4, 0.5) is 0 Å². The van der Waals surface area contributed by atoms with E-state index in [4.69, 9.17) is 0 Å². The van der Waals surface area contributed by atoms with Crippen LogP contribution in [0.3, 0.4) is 0 Å². The highest BCUT2D eigenvalue weighted by Crippen LogP contribution is 2.19. The molecule has 0 saturated carbocycles. The van der Waals surface area contributed by atoms with Crippen LogP contribution in [-0.2, 0) is 4.79 Å². The summed E-state index contributed by atoms with van der Waals surface area (Å²) in [6.45, 7) is 4.82. The minimum atomic E-state index is -0.252. The monoisotopic (exact) mass is 290 g/mol. The maximum absolute atomic E-state index is 12.5. The molecule has 5 heteroatoms. The van der Waals surface area contributed by atoms with Crippen LogP contribution in [0.2, 0.25) is 0 Å². The number of hydrogen-bond donors (Lipinski definition) is 3. The van der Waals surface area contributed by atoms with Gasteiger partial charge in [0.05, 0.1) is 0 Å². The molecule has 0 bridgehead atoms. The molecule has 1 aromatic carbocycles. The maximum atomic E-state index is 12.5. The van der Waals surface area contributed by atoms with Crippen molar-refractivity contribution < 1.29 is 4.79 Å². The number of rotatable bonds is 5. The van der Waals surface area contributed by atoms with Gasteiger partial charge in [-0.15, -0.1) is 0 Å². The Kier molecular flexibility index (Phi) is 5.33. The van der Waals surface area contributed by atoms with E-state index in [-0.39, 0.29) is 11.9 Å². The van der Waals surface area contributed by atoms with Gasteiger partial charge >= 0.3 is 0 Å². The summed E-state index contributed by atoms with van der Waals surface area (Å²) in [7, 11) is 3.86. The molecule has 116 valence electrons. The highest BCUT2D eigenvalue weighted by atomic mass is 16.2. The average Bonchev–Trinajstić information content (AvgIpc) is 2.84. The van der Waals surface area contributed by atoms with Crippen LogP contribution < -0.4 is 16.2 Å². The van der Waals surface area contributed by atoms with Crippen molar-refractivity contribution in [2.24, 2.45) is 0 Å². The number of hydrazine groups is 1. The van der Waals surface area contributed by atoms with Gasteiger partial charge in [0.25, 0.3) is 0 Å². The van der Waals surface area contributed by atoms with E-state index in [1.54, 1.807) is 0 Å². The summed E-state index contributed by atoms with van der Waals surface area (Å²) in [4.78, 5) is 14.5. The summed E-state index contributed by atoms with van der Waals surface area (Å²) in [5, 5.41) is 3.06. The number of nitrogens with one attached hydrogen (secondary N) is 3. The van der Waals surface area contributed by atoms with Crippen molar-refractivity contribution in [3.8, 4) is 0 Å². The summed E-state index contributed by atoms with van der Waals surface area (Å²) < 4.78 is 0. The molecule has 3 unspecified atom stereocenters. The number of carbonyl (C=O) groups is 1. The SMILES string of the molecule is Cc1ccc(C(C(=O)NCC2CC(C)NN2)N(C)C)cc1. The number of likely N-dealkylation sites (N-methyl/N-ethyl adjacent to an activating group) is 1. The van der Waals surface area contributed by atoms with Gasteiger partial charge in [0.15, 0.2) is 0 Å². The highest BCUT2D eigenvalue weighted by molar-refractivity contribution is 5.83. The van der Waals surface area contributed by atoms with Crippen LogP contribution in [-0.4, -0.2) is 43.5 Å². The van der Waals surface area contributed by atoms with E-state index in [1.807, 2.05) is 43.3 Å². The Balaban J connectivity index is 1.97. The van der Waals surface area contributed by atoms with Crippen LogP contribution >= 0.6 is 0 Å². The van der Waals surface area contributed by atoms with Crippen LogP contribution in [0, 0.1) is 6.92 Å². The van der Waals surface area contributed by atoms with Gasteiger partial charge in [0, 0.05) is 18.6 Å². The van der Waals surface area contributed by atoms with Gasteiger partial charge in [-0.3, -0.25) is 20.5 Å². The van der Waals surface area contributed by atoms with Crippen molar-refractivity contribution in [1.29, 1.82) is 0 Å². The van der Waals surface area contributed by atoms with Crippen LogP contribution in [0.1, 0.15) is 30.5 Å². The summed E-state index contributed by atoms with van der Waals surface area (Å²) in [6.07, 6.45) is 1.03. The summed E-state index contributed by atoms with van der Waals surface area (Å²) >= 11 is 0. The van der Waals surface area contributed by atoms with E-state index in [1.165, 1.54) is 5.56 Å². The molecule has 0 radical (unpaired) electrons. The van der Waals surface area contributed by atoms with Crippen molar-refractivity contribution in [1.82, 2.24) is 21.1 Å². The van der Waals surface area contributed by atoms with E-state index in [0.717, 1.165) is 12.0 Å². The molecule has 21 heavy (non-hydrogen) atoms. The fourth-order valence-corrected chi connectivity index (χ4v) is 2.69. The lowest BCUT2D eigenvalue weighted by Crippen LogP contribution is -2.44. The number of nitrogens with zero attached hydrogens (tertiary/aromatic N) is 1. The van der Waals surface area contributed by atoms with Crippen molar-refractivity contribution in [3.05, 3.63) is 35.4 Å². The maximum Gasteiger partial charge on any atom is 0.241 e. The van der Waals surface area contributed by atoms with Crippen molar-refractivity contribution in [3.63, 3.8) is 0 Å². The Labute approximate surface area is 127 Å². The zero-order valence-corrected chi connectivity index (χ0v) is 13.3. The molecule has 0 aliphatic carbocycles. The second-order valence-corrected chi connectivity index (χ2v) is 6.14. The van der Waals surface area contributed by atoms with Gasteiger partial charge < -0.3 is 5.32 Å². The lowest BCUT2D eigenvalue weighted by atomic mass is 10.0. The van der Waals surface area contributed by atoms with Crippen LogP contribution in [0.25, 0.3) is 0 Å². The molecule has 1 heterocycles. The minimum Gasteiger partial charge on any atom is -0.353 e. The molecule has 1 saturated heterocycles. The molecule has 5 nitrogen and oxygen atoms in total. The topological polar surface area (TPSA) is 56.4 Å². The molecule has 3 atom stereocenters. The molecule has 1 aliphatic heterocycles. The van der Waals surface area contributed by atoms with Gasteiger partial charge in [-0.25, -0.2) is 0 Å².